The van der Waals surface area contributed by atoms with Crippen LogP contribution in [0.25, 0.3) is 22.4 Å². The molecule has 3 aromatic rings. The van der Waals surface area contributed by atoms with Gasteiger partial charge in [-0.1, -0.05) is 24.3 Å². The molecule has 3 N–H and O–H groups in total. The van der Waals surface area contributed by atoms with Crippen molar-refractivity contribution in [2.24, 2.45) is 0 Å². The zero-order valence-electron chi connectivity index (χ0n) is 17.1. The molecule has 2 heterocycles. The standard InChI is InChI=1S/C22H22F2N4O3S/c23-14-22(29)7-9-28(10-8-22)32(30,31)20-4-2-1-3-16(20)15-5-6-17(18(24)11-15)19-12-27-21(25)13-26-19/h1-6,11-13,29H,7-10,14H2,(H2,25,27). The summed E-state index contributed by atoms with van der Waals surface area (Å²) < 4.78 is 55.8. The van der Waals surface area contributed by atoms with Crippen molar-refractivity contribution in [1.82, 2.24) is 14.3 Å². The summed E-state index contributed by atoms with van der Waals surface area (Å²) in [6.07, 6.45) is 2.71. The fourth-order valence-corrected chi connectivity index (χ4v) is 5.37. The van der Waals surface area contributed by atoms with Gasteiger partial charge in [0.25, 0.3) is 0 Å². The molecule has 7 nitrogen and oxygen atoms in total. The number of hydrogen-bond donors (Lipinski definition) is 2. The molecule has 0 saturated carbocycles. The molecular formula is C22H22F2N4O3S. The van der Waals surface area contributed by atoms with Gasteiger partial charge in [-0.15, -0.1) is 0 Å². The van der Waals surface area contributed by atoms with Crippen molar-refractivity contribution in [3.05, 3.63) is 60.7 Å². The topological polar surface area (TPSA) is 109 Å². The molecule has 4 rings (SSSR count). The van der Waals surface area contributed by atoms with Gasteiger partial charge in [-0.2, -0.15) is 4.31 Å². The van der Waals surface area contributed by atoms with Crippen molar-refractivity contribution in [3.8, 4) is 22.4 Å². The SMILES string of the molecule is Nc1cnc(-c2ccc(-c3ccccc3S(=O)(=O)N3CCC(O)(CF)CC3)cc2F)cn1. The van der Waals surface area contributed by atoms with E-state index < -0.39 is 28.1 Å². The monoisotopic (exact) mass is 460 g/mol. The van der Waals surface area contributed by atoms with Crippen LogP contribution in [0.4, 0.5) is 14.6 Å². The molecule has 1 aliphatic heterocycles. The second-order valence-electron chi connectivity index (χ2n) is 7.78. The summed E-state index contributed by atoms with van der Waals surface area (Å²) in [4.78, 5) is 8.00. The highest BCUT2D eigenvalue weighted by Gasteiger charge is 2.37. The lowest BCUT2D eigenvalue weighted by Crippen LogP contribution is -2.47. The van der Waals surface area contributed by atoms with Gasteiger partial charge in [0.2, 0.25) is 10.0 Å². The molecule has 2 aromatic carbocycles. The van der Waals surface area contributed by atoms with Gasteiger partial charge in [0.15, 0.2) is 0 Å². The maximum absolute atomic E-state index is 14.9. The van der Waals surface area contributed by atoms with Crippen LogP contribution in [0.1, 0.15) is 12.8 Å². The molecule has 1 fully saturated rings. The molecule has 0 atom stereocenters. The van der Waals surface area contributed by atoms with Crippen molar-refractivity contribution >= 4 is 15.8 Å². The number of alkyl halides is 1. The van der Waals surface area contributed by atoms with Gasteiger partial charge >= 0.3 is 0 Å². The first-order chi connectivity index (χ1) is 15.2. The Hall–Kier alpha value is -2.95. The zero-order valence-corrected chi connectivity index (χ0v) is 17.9. The molecule has 1 saturated heterocycles. The van der Waals surface area contributed by atoms with Crippen LogP contribution in [-0.2, 0) is 10.0 Å². The van der Waals surface area contributed by atoms with E-state index in [1.807, 2.05) is 0 Å². The fourth-order valence-electron chi connectivity index (χ4n) is 3.71. The maximum atomic E-state index is 14.9. The van der Waals surface area contributed by atoms with Gasteiger partial charge < -0.3 is 10.8 Å². The minimum atomic E-state index is -3.94. The second kappa shape index (κ2) is 8.53. The molecule has 168 valence electrons. The van der Waals surface area contributed by atoms with E-state index >= 15 is 0 Å². The first-order valence-corrected chi connectivity index (χ1v) is 11.4. The van der Waals surface area contributed by atoms with Gasteiger partial charge in [-0.3, -0.25) is 4.98 Å². The van der Waals surface area contributed by atoms with Crippen LogP contribution in [0.2, 0.25) is 0 Å². The number of hydrogen-bond acceptors (Lipinski definition) is 6. The third-order valence-corrected chi connectivity index (χ3v) is 7.59. The number of nitrogen functional groups attached to an aromatic ring is 1. The van der Waals surface area contributed by atoms with E-state index in [2.05, 4.69) is 9.97 Å². The van der Waals surface area contributed by atoms with Crippen molar-refractivity contribution in [3.63, 3.8) is 0 Å². The van der Waals surface area contributed by atoms with Crippen LogP contribution in [0.3, 0.4) is 0 Å². The van der Waals surface area contributed by atoms with E-state index in [4.69, 9.17) is 5.73 Å². The average Bonchev–Trinajstić information content (AvgIpc) is 2.80. The predicted molar refractivity (Wildman–Crippen MR) is 116 cm³/mol. The minimum Gasteiger partial charge on any atom is -0.387 e. The van der Waals surface area contributed by atoms with E-state index in [9.17, 15) is 22.3 Å². The third kappa shape index (κ3) is 4.21. The molecule has 0 unspecified atom stereocenters. The highest BCUT2D eigenvalue weighted by molar-refractivity contribution is 7.89. The lowest BCUT2D eigenvalue weighted by atomic mass is 9.94. The van der Waals surface area contributed by atoms with Crippen molar-refractivity contribution in [2.75, 3.05) is 25.5 Å². The fraction of sp³-hybridized carbons (Fsp3) is 0.273. The molecule has 1 aliphatic rings. The second-order valence-corrected chi connectivity index (χ2v) is 9.69. The highest BCUT2D eigenvalue weighted by Crippen LogP contribution is 2.34. The Kier molecular flexibility index (Phi) is 5.93. The molecular weight excluding hydrogens is 438 g/mol. The van der Waals surface area contributed by atoms with E-state index in [1.54, 1.807) is 24.3 Å². The Balaban J connectivity index is 1.68. The lowest BCUT2D eigenvalue weighted by Gasteiger charge is -2.35. The van der Waals surface area contributed by atoms with Crippen LogP contribution >= 0.6 is 0 Å². The quantitative estimate of drug-likeness (QED) is 0.606. The van der Waals surface area contributed by atoms with Crippen molar-refractivity contribution in [2.45, 2.75) is 23.3 Å². The van der Waals surface area contributed by atoms with Crippen LogP contribution in [-0.4, -0.2) is 53.2 Å². The highest BCUT2D eigenvalue weighted by atomic mass is 32.2. The first-order valence-electron chi connectivity index (χ1n) is 9.99. The van der Waals surface area contributed by atoms with Gasteiger partial charge in [0.1, 0.15) is 18.3 Å². The van der Waals surface area contributed by atoms with Gasteiger partial charge in [-0.05, 0) is 36.6 Å². The Morgan fingerprint density at radius 2 is 1.78 bits per heavy atom. The number of benzene rings is 2. The van der Waals surface area contributed by atoms with Crippen molar-refractivity contribution < 1.29 is 22.3 Å². The summed E-state index contributed by atoms with van der Waals surface area (Å²) in [7, 11) is -3.94. The van der Waals surface area contributed by atoms with Gasteiger partial charge in [-0.25, -0.2) is 22.2 Å². The number of sulfonamides is 1. The Morgan fingerprint density at radius 3 is 2.41 bits per heavy atom. The summed E-state index contributed by atoms with van der Waals surface area (Å²) in [5, 5.41) is 10.1. The molecule has 1 aromatic heterocycles. The number of nitrogens with two attached hydrogens (primary N) is 1. The molecule has 0 amide bonds. The van der Waals surface area contributed by atoms with Gasteiger partial charge in [0.05, 0.1) is 28.6 Å². The van der Waals surface area contributed by atoms with E-state index in [1.165, 1.54) is 34.9 Å². The largest absolute Gasteiger partial charge is 0.387 e. The molecule has 32 heavy (non-hydrogen) atoms. The summed E-state index contributed by atoms with van der Waals surface area (Å²) in [6.45, 7) is -0.915. The maximum Gasteiger partial charge on any atom is 0.243 e. The normalized spacial score (nSPS) is 16.7. The van der Waals surface area contributed by atoms with Crippen molar-refractivity contribution in [1.29, 1.82) is 0 Å². The minimum absolute atomic E-state index is 0.000193. The molecule has 0 aliphatic carbocycles. The number of rotatable bonds is 5. The van der Waals surface area contributed by atoms with Crippen LogP contribution < -0.4 is 5.73 Å². The summed E-state index contributed by atoms with van der Waals surface area (Å²) in [5.74, 6) is -0.368. The summed E-state index contributed by atoms with van der Waals surface area (Å²) >= 11 is 0. The zero-order chi connectivity index (χ0) is 22.9. The van der Waals surface area contributed by atoms with Crippen LogP contribution in [0.5, 0.6) is 0 Å². The average molecular weight is 461 g/mol. The lowest BCUT2D eigenvalue weighted by molar-refractivity contribution is -0.0243. The summed E-state index contributed by atoms with van der Waals surface area (Å²) in [6, 6.07) is 10.7. The molecule has 0 spiro atoms. The Morgan fingerprint density at radius 1 is 1.06 bits per heavy atom. The number of aromatic nitrogens is 2. The van der Waals surface area contributed by atoms with Gasteiger partial charge in [0, 0.05) is 24.2 Å². The molecule has 0 radical (unpaired) electrons. The van der Waals surface area contributed by atoms with E-state index in [0.29, 0.717) is 16.8 Å². The van der Waals surface area contributed by atoms with Crippen LogP contribution in [0.15, 0.2) is 59.8 Å². The Bertz CT molecular complexity index is 1230. The number of nitrogens with zero attached hydrogens (tertiary/aromatic N) is 3. The smallest absolute Gasteiger partial charge is 0.243 e. The number of aliphatic hydroxyl groups is 1. The predicted octanol–water partition coefficient (Wildman–Crippen LogP) is 3.02. The number of anilines is 1. The first kappa shape index (κ1) is 22.3. The summed E-state index contributed by atoms with van der Waals surface area (Å²) in [5.41, 5.74) is 5.27. The number of piperidine rings is 1. The number of halogens is 2. The van der Waals surface area contributed by atoms with E-state index in [-0.39, 0.29) is 42.2 Å². The Labute approximate surface area is 184 Å². The molecule has 0 bridgehead atoms. The van der Waals surface area contributed by atoms with E-state index in [0.717, 1.165) is 0 Å². The molecule has 10 heteroatoms. The third-order valence-electron chi connectivity index (χ3n) is 5.63. The van der Waals surface area contributed by atoms with Crippen LogP contribution in [0, 0.1) is 5.82 Å².